The Bertz CT molecular complexity index is 848. The maximum absolute atomic E-state index is 12.1. The average molecular weight is 302 g/mol. The first-order valence-electron chi connectivity index (χ1n) is 7.01. The molecule has 0 unspecified atom stereocenters. The number of nitrogens with zero attached hydrogens (tertiary/aromatic N) is 2. The van der Waals surface area contributed by atoms with E-state index in [1.807, 2.05) is 18.2 Å². The van der Waals surface area contributed by atoms with Gasteiger partial charge in [-0.25, -0.2) is 8.42 Å². The first-order valence-corrected chi connectivity index (χ1v) is 8.51. The molecule has 0 amide bonds. The first-order chi connectivity index (χ1) is 10.1. The number of hydrogen-bond donors (Lipinski definition) is 0. The summed E-state index contributed by atoms with van der Waals surface area (Å²) in [6.45, 7) is 0. The molecule has 1 aromatic carbocycles. The molecule has 1 aromatic heterocycles. The summed E-state index contributed by atoms with van der Waals surface area (Å²) >= 11 is 0. The van der Waals surface area contributed by atoms with E-state index in [9.17, 15) is 13.2 Å². The molecule has 0 radical (unpaired) electrons. The topological polar surface area (TPSA) is 69.0 Å². The Balaban J connectivity index is 1.72. The molecule has 2 aliphatic rings. The number of aryl methyl sites for hydroxylation is 1. The molecule has 0 bridgehead atoms. The number of rotatable bonds is 3. The van der Waals surface area contributed by atoms with Gasteiger partial charge >= 0.3 is 0 Å². The van der Waals surface area contributed by atoms with Crippen molar-refractivity contribution >= 4 is 15.8 Å². The largest absolute Gasteiger partial charge is 0.294 e. The summed E-state index contributed by atoms with van der Waals surface area (Å²) in [6.07, 6.45) is 5.90. The van der Waals surface area contributed by atoms with E-state index in [2.05, 4.69) is 5.10 Å². The lowest BCUT2D eigenvalue weighted by Crippen LogP contribution is -2.17. The Kier molecular flexibility index (Phi) is 2.60. The van der Waals surface area contributed by atoms with Gasteiger partial charge in [-0.2, -0.15) is 9.19 Å². The van der Waals surface area contributed by atoms with Gasteiger partial charge in [0.05, 0.1) is 17.6 Å². The SMILES string of the molecule is O=C1CCc2cc(-c3cnn(S(=O)(=O)C4CC4)c3)ccc21. The van der Waals surface area contributed by atoms with Crippen LogP contribution in [0.25, 0.3) is 11.1 Å². The van der Waals surface area contributed by atoms with Gasteiger partial charge in [0.2, 0.25) is 0 Å². The number of benzene rings is 1. The van der Waals surface area contributed by atoms with E-state index in [0.717, 1.165) is 45.6 Å². The number of aromatic nitrogens is 2. The smallest absolute Gasteiger partial charge is 0.256 e. The second kappa shape index (κ2) is 4.27. The molecule has 2 aromatic rings. The molecule has 1 heterocycles. The lowest BCUT2D eigenvalue weighted by molar-refractivity contribution is 0.0994. The molecule has 5 nitrogen and oxygen atoms in total. The highest BCUT2D eigenvalue weighted by Crippen LogP contribution is 2.31. The summed E-state index contributed by atoms with van der Waals surface area (Å²) in [4.78, 5) is 11.6. The number of carbonyl (C=O) groups excluding carboxylic acids is 1. The Morgan fingerprint density at radius 1 is 1.14 bits per heavy atom. The van der Waals surface area contributed by atoms with Crippen LogP contribution in [0.5, 0.6) is 0 Å². The van der Waals surface area contributed by atoms with Crippen LogP contribution in [0.3, 0.4) is 0 Å². The predicted octanol–water partition coefficient (Wildman–Crippen LogP) is 2.02. The number of ketones is 1. The van der Waals surface area contributed by atoms with Gasteiger partial charge < -0.3 is 0 Å². The fraction of sp³-hybridized carbons (Fsp3) is 0.333. The van der Waals surface area contributed by atoms with Gasteiger partial charge in [0.1, 0.15) is 0 Å². The molecule has 108 valence electrons. The molecule has 0 saturated heterocycles. The maximum atomic E-state index is 12.1. The Hall–Kier alpha value is -1.95. The summed E-state index contributed by atoms with van der Waals surface area (Å²) in [5.74, 6) is 0.184. The third-order valence-electron chi connectivity index (χ3n) is 4.13. The van der Waals surface area contributed by atoms with Crippen molar-refractivity contribution in [3.05, 3.63) is 41.7 Å². The van der Waals surface area contributed by atoms with Crippen LogP contribution in [0.15, 0.2) is 30.6 Å². The number of Topliss-reactive ketones (excluding diaryl/α,β-unsaturated/α-hetero) is 1. The number of hydrogen-bond acceptors (Lipinski definition) is 4. The molecule has 0 N–H and O–H groups in total. The quantitative estimate of drug-likeness (QED) is 0.870. The molecule has 0 spiro atoms. The van der Waals surface area contributed by atoms with Crippen LogP contribution in [0, 0.1) is 0 Å². The minimum absolute atomic E-state index is 0.184. The molecule has 21 heavy (non-hydrogen) atoms. The number of fused-ring (bicyclic) bond motifs is 1. The molecule has 6 heteroatoms. The third kappa shape index (κ3) is 2.01. The Morgan fingerprint density at radius 3 is 2.71 bits per heavy atom. The van der Waals surface area contributed by atoms with Gasteiger partial charge in [-0.05, 0) is 30.4 Å². The molecule has 1 fully saturated rings. The lowest BCUT2D eigenvalue weighted by atomic mass is 10.0. The van der Waals surface area contributed by atoms with Gasteiger partial charge in [-0.1, -0.05) is 18.2 Å². The summed E-state index contributed by atoms with van der Waals surface area (Å²) < 4.78 is 25.3. The second-order valence-corrected chi connectivity index (χ2v) is 7.71. The molecule has 4 rings (SSSR count). The highest BCUT2D eigenvalue weighted by atomic mass is 32.2. The Labute approximate surface area is 122 Å². The second-order valence-electron chi connectivity index (χ2n) is 5.64. The molecular formula is C15H14N2O3S. The zero-order valence-electron chi connectivity index (χ0n) is 11.3. The standard InChI is InChI=1S/C15H14N2O3S/c18-15-6-2-11-7-10(1-5-14(11)15)12-8-16-17(9-12)21(19,20)13-3-4-13/h1,5,7-9,13H,2-4,6H2. The van der Waals surface area contributed by atoms with Crippen LogP contribution >= 0.6 is 0 Å². The summed E-state index contributed by atoms with van der Waals surface area (Å²) in [5.41, 5.74) is 3.49. The van der Waals surface area contributed by atoms with Gasteiger partial charge in [0.25, 0.3) is 10.0 Å². The van der Waals surface area contributed by atoms with Gasteiger partial charge in [0.15, 0.2) is 5.78 Å². The monoisotopic (exact) mass is 302 g/mol. The van der Waals surface area contributed by atoms with Gasteiger partial charge in [0, 0.05) is 17.5 Å². The average Bonchev–Trinajstić information content (AvgIpc) is 3.11. The maximum Gasteiger partial charge on any atom is 0.256 e. The summed E-state index contributed by atoms with van der Waals surface area (Å²) in [5, 5.41) is 3.72. The van der Waals surface area contributed by atoms with E-state index in [1.54, 1.807) is 12.4 Å². The van der Waals surface area contributed by atoms with E-state index >= 15 is 0 Å². The minimum atomic E-state index is -3.32. The van der Waals surface area contributed by atoms with Gasteiger partial charge in [-0.15, -0.1) is 0 Å². The van der Waals surface area contributed by atoms with E-state index in [1.165, 1.54) is 0 Å². The van der Waals surface area contributed by atoms with E-state index in [0.29, 0.717) is 6.42 Å². The van der Waals surface area contributed by atoms with Crippen molar-refractivity contribution in [2.45, 2.75) is 30.9 Å². The van der Waals surface area contributed by atoms with Crippen molar-refractivity contribution in [2.75, 3.05) is 0 Å². The fourth-order valence-electron chi connectivity index (χ4n) is 2.75. The van der Waals surface area contributed by atoms with Crippen LogP contribution in [0.4, 0.5) is 0 Å². The zero-order valence-corrected chi connectivity index (χ0v) is 12.1. The molecule has 1 saturated carbocycles. The summed E-state index contributed by atoms with van der Waals surface area (Å²) in [6, 6.07) is 5.64. The van der Waals surface area contributed by atoms with Crippen molar-refractivity contribution < 1.29 is 13.2 Å². The van der Waals surface area contributed by atoms with Crippen LogP contribution in [0.1, 0.15) is 35.2 Å². The van der Waals surface area contributed by atoms with Crippen LogP contribution in [0.2, 0.25) is 0 Å². The van der Waals surface area contributed by atoms with Crippen molar-refractivity contribution in [1.29, 1.82) is 0 Å². The molecule has 0 atom stereocenters. The predicted molar refractivity (Wildman–Crippen MR) is 77.7 cm³/mol. The van der Waals surface area contributed by atoms with E-state index in [-0.39, 0.29) is 11.0 Å². The van der Waals surface area contributed by atoms with Crippen LogP contribution in [-0.4, -0.2) is 28.6 Å². The van der Waals surface area contributed by atoms with Gasteiger partial charge in [-0.3, -0.25) is 4.79 Å². The van der Waals surface area contributed by atoms with Crippen molar-refractivity contribution in [2.24, 2.45) is 0 Å². The normalized spacial score (nSPS) is 18.0. The van der Waals surface area contributed by atoms with Crippen LogP contribution in [-0.2, 0) is 16.4 Å². The minimum Gasteiger partial charge on any atom is -0.294 e. The third-order valence-corrected chi connectivity index (χ3v) is 6.16. The zero-order chi connectivity index (χ0) is 14.6. The van der Waals surface area contributed by atoms with Crippen LogP contribution < -0.4 is 0 Å². The molecular weight excluding hydrogens is 288 g/mol. The highest BCUT2D eigenvalue weighted by molar-refractivity contribution is 7.90. The number of carbonyl (C=O) groups is 1. The summed E-state index contributed by atoms with van der Waals surface area (Å²) in [7, 11) is -3.32. The van der Waals surface area contributed by atoms with E-state index in [4.69, 9.17) is 0 Å². The molecule has 0 aliphatic heterocycles. The van der Waals surface area contributed by atoms with Crippen molar-refractivity contribution in [3.63, 3.8) is 0 Å². The van der Waals surface area contributed by atoms with Crippen molar-refractivity contribution in [1.82, 2.24) is 9.19 Å². The van der Waals surface area contributed by atoms with Crippen molar-refractivity contribution in [3.8, 4) is 11.1 Å². The van der Waals surface area contributed by atoms with E-state index < -0.39 is 10.0 Å². The highest BCUT2D eigenvalue weighted by Gasteiger charge is 2.37. The molecule has 2 aliphatic carbocycles. The fourth-order valence-corrected chi connectivity index (χ4v) is 4.22. The Morgan fingerprint density at radius 2 is 1.95 bits per heavy atom. The lowest BCUT2D eigenvalue weighted by Gasteiger charge is -2.02. The first kappa shape index (κ1) is 12.8.